The Morgan fingerprint density at radius 3 is 1.95 bits per heavy atom. The average Bonchev–Trinajstić information content (AvgIpc) is 2.44. The highest BCUT2D eigenvalue weighted by molar-refractivity contribution is 4.98. The van der Waals surface area contributed by atoms with Gasteiger partial charge in [0, 0.05) is 12.8 Å². The summed E-state index contributed by atoms with van der Waals surface area (Å²) in [5.74, 6) is 7.57. The Morgan fingerprint density at radius 1 is 0.737 bits per heavy atom. The van der Waals surface area contributed by atoms with Gasteiger partial charge in [-0.2, -0.15) is 0 Å². The van der Waals surface area contributed by atoms with Crippen LogP contribution in [0, 0.1) is 31.6 Å². The Morgan fingerprint density at radius 2 is 1.32 bits per heavy atom. The highest BCUT2D eigenvalue weighted by atomic mass is 14.1. The van der Waals surface area contributed by atoms with Gasteiger partial charge in [-0.25, -0.2) is 0 Å². The molecule has 0 aliphatic carbocycles. The van der Waals surface area contributed by atoms with Gasteiger partial charge in [0.1, 0.15) is 0 Å². The molecule has 0 rings (SSSR count). The molecular weight excluding hydrogens is 228 g/mol. The number of hydrogen-bond acceptors (Lipinski definition) is 0. The van der Waals surface area contributed by atoms with E-state index < -0.39 is 0 Å². The van der Waals surface area contributed by atoms with Crippen molar-refractivity contribution in [1.82, 2.24) is 0 Å². The molecule has 0 heteroatoms. The minimum atomic E-state index is 0.909. The molecule has 1 atom stereocenters. The van der Waals surface area contributed by atoms with Crippen LogP contribution < -0.4 is 0 Å². The molecule has 0 aromatic rings. The highest BCUT2D eigenvalue weighted by Crippen LogP contribution is 2.18. The number of unbranched alkanes of at least 4 members (excludes halogenated alkanes) is 7. The zero-order valence-corrected chi connectivity index (χ0v) is 13.2. The molecule has 0 aromatic carbocycles. The first-order chi connectivity index (χ1) is 9.35. The summed E-state index contributed by atoms with van der Waals surface area (Å²) in [6.45, 7) is 10.1. The van der Waals surface area contributed by atoms with Crippen molar-refractivity contribution in [2.24, 2.45) is 5.92 Å². The van der Waals surface area contributed by atoms with Crippen molar-refractivity contribution in [3.63, 3.8) is 0 Å². The van der Waals surface area contributed by atoms with Crippen LogP contribution in [0.1, 0.15) is 90.4 Å². The summed E-state index contributed by atoms with van der Waals surface area (Å²) < 4.78 is 0. The van der Waals surface area contributed by atoms with E-state index in [0.717, 1.165) is 31.6 Å². The van der Waals surface area contributed by atoms with E-state index in [9.17, 15) is 0 Å². The summed E-state index contributed by atoms with van der Waals surface area (Å²) in [6, 6.07) is 0. The maximum absolute atomic E-state index is 3.92. The van der Waals surface area contributed by atoms with Gasteiger partial charge in [-0.15, -0.1) is 11.8 Å². The lowest BCUT2D eigenvalue weighted by atomic mass is 9.94. The number of hydrogen-bond donors (Lipinski definition) is 0. The molecule has 19 heavy (non-hydrogen) atoms. The first-order valence-electron chi connectivity index (χ1n) is 8.39. The Kier molecular flexibility index (Phi) is 15.3. The zero-order valence-electron chi connectivity index (χ0n) is 13.2. The Hall–Kier alpha value is -0.440. The number of rotatable bonds is 12. The third kappa shape index (κ3) is 13.8. The Bertz CT molecular complexity index is 218. The first-order valence-corrected chi connectivity index (χ1v) is 8.39. The van der Waals surface area contributed by atoms with Gasteiger partial charge in [-0.05, 0) is 25.2 Å². The van der Waals surface area contributed by atoms with Crippen LogP contribution in [0.2, 0.25) is 0 Å². The SMILES string of the molecule is [CH2]CCCCCCC#CCCCC(CC)CCC[CH2]. The fraction of sp³-hybridized carbons (Fsp3) is 0.789. The van der Waals surface area contributed by atoms with E-state index in [1.165, 1.54) is 57.8 Å². The van der Waals surface area contributed by atoms with Crippen molar-refractivity contribution >= 4 is 0 Å². The van der Waals surface area contributed by atoms with Crippen LogP contribution >= 0.6 is 0 Å². The maximum atomic E-state index is 3.92. The van der Waals surface area contributed by atoms with E-state index in [4.69, 9.17) is 0 Å². The zero-order chi connectivity index (χ0) is 14.2. The van der Waals surface area contributed by atoms with Crippen LogP contribution in [-0.4, -0.2) is 0 Å². The monoisotopic (exact) mass is 262 g/mol. The predicted octanol–water partition coefficient (Wildman–Crippen LogP) is 6.37. The molecule has 0 saturated carbocycles. The summed E-state index contributed by atoms with van der Waals surface area (Å²) in [5, 5.41) is 0. The lowest BCUT2D eigenvalue weighted by Gasteiger charge is -2.12. The molecule has 0 spiro atoms. The van der Waals surface area contributed by atoms with Gasteiger partial charge in [0.2, 0.25) is 0 Å². The molecule has 0 N–H and O–H groups in total. The molecule has 0 saturated heterocycles. The van der Waals surface area contributed by atoms with E-state index >= 15 is 0 Å². The third-order valence-electron chi connectivity index (χ3n) is 3.78. The van der Waals surface area contributed by atoms with E-state index in [1.54, 1.807) is 0 Å². The van der Waals surface area contributed by atoms with Gasteiger partial charge in [-0.1, -0.05) is 72.1 Å². The van der Waals surface area contributed by atoms with Gasteiger partial charge >= 0.3 is 0 Å². The summed E-state index contributed by atoms with van der Waals surface area (Å²) in [5.41, 5.74) is 0. The molecular formula is C19H34. The largest absolute Gasteiger partial charge is 0.103 e. The van der Waals surface area contributed by atoms with Crippen molar-refractivity contribution in [2.45, 2.75) is 90.4 Å². The van der Waals surface area contributed by atoms with Crippen molar-refractivity contribution in [3.05, 3.63) is 13.8 Å². The maximum Gasteiger partial charge on any atom is 0.00887 e. The lowest BCUT2D eigenvalue weighted by molar-refractivity contribution is 0.415. The van der Waals surface area contributed by atoms with Gasteiger partial charge in [0.05, 0.1) is 0 Å². The van der Waals surface area contributed by atoms with Crippen LogP contribution in [0.5, 0.6) is 0 Å². The summed E-state index contributed by atoms with van der Waals surface area (Å²) in [4.78, 5) is 0. The molecule has 0 heterocycles. The Balaban J connectivity index is 3.37. The van der Waals surface area contributed by atoms with E-state index in [2.05, 4.69) is 32.6 Å². The van der Waals surface area contributed by atoms with Crippen LogP contribution in [0.4, 0.5) is 0 Å². The third-order valence-corrected chi connectivity index (χ3v) is 3.78. The summed E-state index contributed by atoms with van der Waals surface area (Å²) in [6.07, 6.45) is 16.2. The van der Waals surface area contributed by atoms with Gasteiger partial charge in [0.15, 0.2) is 0 Å². The lowest BCUT2D eigenvalue weighted by Crippen LogP contribution is -1.98. The van der Waals surface area contributed by atoms with E-state index in [1.807, 2.05) is 0 Å². The molecule has 110 valence electrons. The second-order valence-electron chi connectivity index (χ2n) is 5.53. The fourth-order valence-corrected chi connectivity index (χ4v) is 2.39. The molecule has 1 unspecified atom stereocenters. The molecule has 0 aliphatic heterocycles. The molecule has 0 fully saturated rings. The quantitative estimate of drug-likeness (QED) is 0.283. The van der Waals surface area contributed by atoms with E-state index in [0.29, 0.717) is 0 Å². The van der Waals surface area contributed by atoms with Crippen LogP contribution in [0.15, 0.2) is 0 Å². The summed E-state index contributed by atoms with van der Waals surface area (Å²) in [7, 11) is 0. The van der Waals surface area contributed by atoms with Crippen LogP contribution in [-0.2, 0) is 0 Å². The predicted molar refractivity (Wildman–Crippen MR) is 87.7 cm³/mol. The van der Waals surface area contributed by atoms with Gasteiger partial charge in [-0.3, -0.25) is 0 Å². The molecule has 0 amide bonds. The average molecular weight is 262 g/mol. The second kappa shape index (κ2) is 15.6. The Labute approximate surface area is 122 Å². The molecule has 0 nitrogen and oxygen atoms in total. The van der Waals surface area contributed by atoms with Gasteiger partial charge in [0.25, 0.3) is 0 Å². The fourth-order valence-electron chi connectivity index (χ4n) is 2.39. The van der Waals surface area contributed by atoms with E-state index in [-0.39, 0.29) is 0 Å². The van der Waals surface area contributed by atoms with Crippen LogP contribution in [0.25, 0.3) is 0 Å². The second-order valence-corrected chi connectivity index (χ2v) is 5.53. The van der Waals surface area contributed by atoms with Crippen LogP contribution in [0.3, 0.4) is 0 Å². The molecule has 0 bridgehead atoms. The summed E-state index contributed by atoms with van der Waals surface area (Å²) >= 11 is 0. The standard InChI is InChI=1S/C19H34/c1-4-7-9-10-11-12-13-14-15-16-18-19(6-3)17-8-5-2/h19H,1-2,4-12,15-18H2,3H3. The van der Waals surface area contributed by atoms with Crippen molar-refractivity contribution in [1.29, 1.82) is 0 Å². The molecule has 0 aromatic heterocycles. The van der Waals surface area contributed by atoms with Crippen molar-refractivity contribution in [2.75, 3.05) is 0 Å². The minimum absolute atomic E-state index is 0.909. The molecule has 0 aliphatic rings. The van der Waals surface area contributed by atoms with Crippen molar-refractivity contribution < 1.29 is 0 Å². The molecule has 2 radical (unpaired) electrons. The topological polar surface area (TPSA) is 0 Å². The van der Waals surface area contributed by atoms with Crippen molar-refractivity contribution in [3.8, 4) is 11.8 Å². The minimum Gasteiger partial charge on any atom is -0.103 e. The highest BCUT2D eigenvalue weighted by Gasteiger charge is 2.04. The first kappa shape index (κ1) is 18.6. The smallest absolute Gasteiger partial charge is 0.00887 e. The van der Waals surface area contributed by atoms with Gasteiger partial charge < -0.3 is 0 Å². The normalized spacial score (nSPS) is 11.9.